The van der Waals surface area contributed by atoms with Gasteiger partial charge in [-0.3, -0.25) is 4.79 Å². The molecule has 2 atom stereocenters. The predicted molar refractivity (Wildman–Crippen MR) is 110 cm³/mol. The molecule has 3 amide bonds. The zero-order chi connectivity index (χ0) is 19.9. The number of hydrogen-bond donors (Lipinski definition) is 3. The average molecular weight is 421 g/mol. The number of pyridine rings is 1. The molecule has 0 spiro atoms. The molecule has 2 aromatic rings. The summed E-state index contributed by atoms with van der Waals surface area (Å²) in [6, 6.07) is 10.0. The van der Waals surface area contributed by atoms with Gasteiger partial charge in [0.05, 0.1) is 11.6 Å². The molecule has 2 unspecified atom stereocenters. The number of halogens is 2. The first-order valence-electron chi connectivity index (χ1n) is 9.23. The van der Waals surface area contributed by atoms with Crippen LogP contribution in [0.2, 0.25) is 10.2 Å². The normalized spacial score (nSPS) is 18.9. The van der Waals surface area contributed by atoms with Crippen LogP contribution in [-0.4, -0.2) is 29.0 Å². The number of nitrogens with zero attached hydrogens (tertiary/aromatic N) is 1. The average Bonchev–Trinajstić information content (AvgIpc) is 2.69. The van der Waals surface area contributed by atoms with E-state index in [4.69, 9.17) is 23.2 Å². The third kappa shape index (κ3) is 5.59. The second-order valence-corrected chi connectivity index (χ2v) is 7.55. The maximum atomic E-state index is 12.5. The van der Waals surface area contributed by atoms with Crippen molar-refractivity contribution in [2.45, 2.75) is 44.3 Å². The van der Waals surface area contributed by atoms with Crippen LogP contribution in [0.25, 0.3) is 0 Å². The lowest BCUT2D eigenvalue weighted by molar-refractivity contribution is 0.0915. The Balaban J connectivity index is 1.55. The van der Waals surface area contributed by atoms with Gasteiger partial charge < -0.3 is 16.0 Å². The monoisotopic (exact) mass is 420 g/mol. The Morgan fingerprint density at radius 1 is 1.00 bits per heavy atom. The van der Waals surface area contributed by atoms with E-state index in [2.05, 4.69) is 20.9 Å². The highest BCUT2D eigenvalue weighted by molar-refractivity contribution is 6.31. The number of aromatic nitrogens is 1. The summed E-state index contributed by atoms with van der Waals surface area (Å²) in [5.41, 5.74) is 1.29. The highest BCUT2D eigenvalue weighted by Gasteiger charge is 2.28. The maximum absolute atomic E-state index is 12.5. The minimum Gasteiger partial charge on any atom is -0.347 e. The first kappa shape index (κ1) is 20.4. The Bertz CT molecular complexity index is 829. The molecule has 0 radical (unpaired) electrons. The van der Waals surface area contributed by atoms with Crippen LogP contribution in [-0.2, 0) is 6.54 Å². The zero-order valence-corrected chi connectivity index (χ0v) is 16.8. The van der Waals surface area contributed by atoms with Crippen LogP contribution in [0.3, 0.4) is 0 Å². The van der Waals surface area contributed by atoms with Gasteiger partial charge in [0.1, 0.15) is 5.15 Å². The minimum absolute atomic E-state index is 0.135. The summed E-state index contributed by atoms with van der Waals surface area (Å²) in [5.74, 6) is -0.223. The van der Waals surface area contributed by atoms with Crippen molar-refractivity contribution in [1.82, 2.24) is 20.9 Å². The number of benzene rings is 1. The lowest BCUT2D eigenvalue weighted by Gasteiger charge is -2.32. The first-order chi connectivity index (χ1) is 13.5. The first-order valence-corrected chi connectivity index (χ1v) is 9.98. The van der Waals surface area contributed by atoms with Crippen LogP contribution in [0.4, 0.5) is 4.79 Å². The molecule has 1 aliphatic carbocycles. The molecule has 1 saturated carbocycles. The van der Waals surface area contributed by atoms with Gasteiger partial charge in [0.2, 0.25) is 0 Å². The van der Waals surface area contributed by atoms with Crippen LogP contribution in [0, 0.1) is 0 Å². The quantitative estimate of drug-likeness (QED) is 0.640. The zero-order valence-electron chi connectivity index (χ0n) is 15.3. The van der Waals surface area contributed by atoms with Crippen molar-refractivity contribution >= 4 is 35.1 Å². The van der Waals surface area contributed by atoms with Crippen molar-refractivity contribution in [3.8, 4) is 0 Å². The van der Waals surface area contributed by atoms with E-state index in [-0.39, 0.29) is 24.0 Å². The van der Waals surface area contributed by atoms with E-state index in [1.165, 1.54) is 6.20 Å². The fourth-order valence-electron chi connectivity index (χ4n) is 3.27. The number of carbonyl (C=O) groups is 2. The molecule has 148 valence electrons. The van der Waals surface area contributed by atoms with E-state index >= 15 is 0 Å². The van der Waals surface area contributed by atoms with E-state index in [0.717, 1.165) is 31.2 Å². The molecule has 3 N–H and O–H groups in total. The number of nitrogens with one attached hydrogen (secondary N) is 3. The van der Waals surface area contributed by atoms with Gasteiger partial charge in [-0.25, -0.2) is 9.78 Å². The Morgan fingerprint density at radius 3 is 2.39 bits per heavy atom. The molecule has 1 fully saturated rings. The molecule has 1 aromatic heterocycles. The van der Waals surface area contributed by atoms with Gasteiger partial charge in [-0.1, -0.05) is 54.2 Å². The van der Waals surface area contributed by atoms with Gasteiger partial charge in [0, 0.05) is 23.8 Å². The van der Waals surface area contributed by atoms with Gasteiger partial charge in [0.25, 0.3) is 5.91 Å². The van der Waals surface area contributed by atoms with Crippen LogP contribution < -0.4 is 16.0 Å². The second kappa shape index (κ2) is 9.75. The summed E-state index contributed by atoms with van der Waals surface area (Å²) >= 11 is 11.9. The number of urea groups is 1. The molecule has 0 bridgehead atoms. The number of rotatable bonds is 5. The molecule has 3 rings (SSSR count). The molecule has 1 aliphatic rings. The van der Waals surface area contributed by atoms with Crippen molar-refractivity contribution in [3.05, 3.63) is 63.9 Å². The molecule has 8 heteroatoms. The Morgan fingerprint density at radius 2 is 1.71 bits per heavy atom. The smallest absolute Gasteiger partial charge is 0.315 e. The van der Waals surface area contributed by atoms with Crippen molar-refractivity contribution in [2.75, 3.05) is 0 Å². The number of hydrogen-bond acceptors (Lipinski definition) is 3. The second-order valence-electron chi connectivity index (χ2n) is 6.76. The van der Waals surface area contributed by atoms with E-state index in [1.54, 1.807) is 18.2 Å². The summed E-state index contributed by atoms with van der Waals surface area (Å²) in [7, 11) is 0. The lowest BCUT2D eigenvalue weighted by Crippen LogP contribution is -2.55. The van der Waals surface area contributed by atoms with Crippen molar-refractivity contribution in [3.63, 3.8) is 0 Å². The van der Waals surface area contributed by atoms with Gasteiger partial charge in [-0.05, 0) is 36.6 Å². The number of amides is 3. The molecule has 0 saturated heterocycles. The van der Waals surface area contributed by atoms with Crippen LogP contribution in [0.15, 0.2) is 42.6 Å². The van der Waals surface area contributed by atoms with Gasteiger partial charge >= 0.3 is 6.03 Å². The summed E-state index contributed by atoms with van der Waals surface area (Å²) in [6.45, 7) is 0.339. The predicted octanol–water partition coefficient (Wildman–Crippen LogP) is 3.93. The topological polar surface area (TPSA) is 83.1 Å². The molecule has 6 nitrogen and oxygen atoms in total. The van der Waals surface area contributed by atoms with Crippen LogP contribution in [0.5, 0.6) is 0 Å². The van der Waals surface area contributed by atoms with E-state index in [9.17, 15) is 9.59 Å². The summed E-state index contributed by atoms with van der Waals surface area (Å²) < 4.78 is 0. The third-order valence-corrected chi connectivity index (χ3v) is 5.38. The van der Waals surface area contributed by atoms with Crippen molar-refractivity contribution < 1.29 is 9.59 Å². The number of carbonyl (C=O) groups excluding carboxylic acids is 2. The maximum Gasteiger partial charge on any atom is 0.315 e. The van der Waals surface area contributed by atoms with Crippen molar-refractivity contribution in [1.29, 1.82) is 0 Å². The van der Waals surface area contributed by atoms with E-state index < -0.39 is 0 Å². The van der Waals surface area contributed by atoms with Gasteiger partial charge in [0.15, 0.2) is 0 Å². The summed E-state index contributed by atoms with van der Waals surface area (Å²) in [4.78, 5) is 28.7. The molecule has 1 aromatic carbocycles. The molecule has 1 heterocycles. The van der Waals surface area contributed by atoms with E-state index in [0.29, 0.717) is 22.3 Å². The summed E-state index contributed by atoms with van der Waals surface area (Å²) in [6.07, 6.45) is 5.07. The largest absolute Gasteiger partial charge is 0.347 e. The minimum atomic E-state index is -0.278. The standard InChI is InChI=1S/C20H22Cl2N4O2/c21-15-6-2-1-5-13(15)11-24-20(28)26-17-8-4-3-7-16(17)25-19(27)14-9-10-18(22)23-12-14/h1-2,5-6,9-10,12,16-17H,3-4,7-8,11H2,(H,25,27)(H2,24,26,28). The Kier molecular flexibility index (Phi) is 7.12. The summed E-state index contributed by atoms with van der Waals surface area (Å²) in [5, 5.41) is 9.76. The highest BCUT2D eigenvalue weighted by atomic mass is 35.5. The van der Waals surface area contributed by atoms with Crippen LogP contribution in [0.1, 0.15) is 41.6 Å². The molecular formula is C20H22Cl2N4O2. The Hall–Kier alpha value is -2.31. The van der Waals surface area contributed by atoms with Gasteiger partial charge in [-0.2, -0.15) is 0 Å². The SMILES string of the molecule is O=C(NCc1ccccc1Cl)NC1CCCCC1NC(=O)c1ccc(Cl)nc1. The van der Waals surface area contributed by atoms with E-state index in [1.807, 2.05) is 18.2 Å². The third-order valence-electron chi connectivity index (χ3n) is 4.79. The molecule has 28 heavy (non-hydrogen) atoms. The lowest BCUT2D eigenvalue weighted by atomic mass is 9.90. The van der Waals surface area contributed by atoms with Gasteiger partial charge in [-0.15, -0.1) is 0 Å². The molecule has 0 aliphatic heterocycles. The van der Waals surface area contributed by atoms with Crippen molar-refractivity contribution in [2.24, 2.45) is 0 Å². The molecular weight excluding hydrogens is 399 g/mol. The van der Waals surface area contributed by atoms with Crippen LogP contribution >= 0.6 is 23.2 Å². The fourth-order valence-corrected chi connectivity index (χ4v) is 3.59. The Labute approximate surface area is 174 Å². The highest BCUT2D eigenvalue weighted by Crippen LogP contribution is 2.19. The fraction of sp³-hybridized carbons (Fsp3) is 0.350.